The molecule has 13 rings (SSSR count). The van der Waals surface area contributed by atoms with Gasteiger partial charge in [0.15, 0.2) is 20.5 Å². The van der Waals surface area contributed by atoms with Crippen LogP contribution in [0.1, 0.15) is 60.4 Å². The number of halogens is 18. The first-order valence-corrected chi connectivity index (χ1v) is 33.2. The van der Waals surface area contributed by atoms with E-state index >= 15 is 0 Å². The molecule has 0 bridgehead atoms. The Labute approximate surface area is 550 Å². The summed E-state index contributed by atoms with van der Waals surface area (Å²) >= 11 is 1.79. The zero-order valence-corrected chi connectivity index (χ0v) is 52.1. The number of carbonyl (C=O) groups is 1. The van der Waals surface area contributed by atoms with E-state index in [0.29, 0.717) is 11.1 Å². The summed E-state index contributed by atoms with van der Waals surface area (Å²) in [5.74, 6) is 0.0217. The number of alkyl halides is 15. The predicted molar refractivity (Wildman–Crippen MR) is 339 cm³/mol. The Morgan fingerprint density at radius 2 is 0.629 bits per heavy atom. The molecule has 1 atom stereocenters. The molecular formula is C75H47F18OPS2. The first kappa shape index (κ1) is 69.3. The van der Waals surface area contributed by atoms with Gasteiger partial charge in [-0.2, -0.15) is 0 Å². The molecule has 2 aliphatic rings. The van der Waals surface area contributed by atoms with Crippen molar-refractivity contribution < 1.29 is 83.7 Å². The van der Waals surface area contributed by atoms with Gasteiger partial charge < -0.3 is 4.70 Å². The summed E-state index contributed by atoms with van der Waals surface area (Å²) < 4.78 is 209. The molecule has 0 heterocycles. The molecule has 1 unspecified atom stereocenters. The molecule has 0 amide bonds. The summed E-state index contributed by atoms with van der Waals surface area (Å²) in [5, 5.41) is 0. The monoisotopic (exact) mass is 1400 g/mol. The quantitative estimate of drug-likeness (QED) is 0.0467. The first-order valence-electron chi connectivity index (χ1n) is 29.1. The molecule has 0 aliphatic heterocycles. The van der Waals surface area contributed by atoms with Gasteiger partial charge in [-0.05, 0) is 140 Å². The van der Waals surface area contributed by atoms with Crippen LogP contribution in [-0.2, 0) is 21.7 Å². The first-order chi connectivity index (χ1) is 45.4. The van der Waals surface area contributed by atoms with Gasteiger partial charge in [-0.1, -0.05) is 224 Å². The number of benzene rings is 11. The molecule has 0 spiro atoms. The Morgan fingerprint density at radius 3 is 1.07 bits per heavy atom. The van der Waals surface area contributed by atoms with Crippen LogP contribution >= 0.6 is 19.0 Å². The van der Waals surface area contributed by atoms with Crippen LogP contribution in [0.2, 0.25) is 0 Å². The zero-order chi connectivity index (χ0) is 68.5. The minimum absolute atomic E-state index is 0. The van der Waals surface area contributed by atoms with Crippen LogP contribution in [0.25, 0.3) is 22.3 Å². The largest absolute Gasteiger partial charge is 1.00 e. The van der Waals surface area contributed by atoms with Crippen LogP contribution in [0, 0.1) is 0 Å². The fraction of sp³-hybridized carbons (Fsp3) is 0.107. The molecule has 0 fully saturated rings. The van der Waals surface area contributed by atoms with Crippen molar-refractivity contribution in [3.8, 4) is 22.3 Å². The van der Waals surface area contributed by atoms with E-state index in [-0.39, 0.29) is 10.5 Å². The van der Waals surface area contributed by atoms with Crippen molar-refractivity contribution in [3.05, 3.63) is 341 Å². The summed E-state index contributed by atoms with van der Waals surface area (Å²) in [5.41, 5.74) is -12.1. The van der Waals surface area contributed by atoms with E-state index in [1.54, 1.807) is 11.8 Å². The Kier molecular flexibility index (Phi) is 17.9. The Bertz CT molecular complexity index is 4520. The van der Waals surface area contributed by atoms with E-state index in [1.165, 1.54) is 75.2 Å². The summed E-state index contributed by atoms with van der Waals surface area (Å²) in [4.78, 5) is 20.3. The number of hydrogen-bond donors (Lipinski definition) is 0. The number of carbonyl (C=O) groups excluding carboxylic acids is 1. The van der Waals surface area contributed by atoms with Crippen molar-refractivity contribution in [2.75, 3.05) is 0 Å². The Morgan fingerprint density at radius 1 is 0.309 bits per heavy atom. The number of fused-ring (bicyclic) bond motifs is 6. The minimum Gasteiger partial charge on any atom is -1.00 e. The van der Waals surface area contributed by atoms with Crippen molar-refractivity contribution in [2.45, 2.75) is 70.8 Å². The van der Waals surface area contributed by atoms with Gasteiger partial charge in [0.1, 0.15) is 0 Å². The van der Waals surface area contributed by atoms with Gasteiger partial charge in [0.05, 0.1) is 21.7 Å². The Balaban J connectivity index is 0.000000328. The van der Waals surface area contributed by atoms with Crippen molar-refractivity contribution >= 4 is 35.7 Å². The van der Waals surface area contributed by atoms with Crippen molar-refractivity contribution in [2.24, 2.45) is 0 Å². The van der Waals surface area contributed by atoms with E-state index in [4.69, 9.17) is 0 Å². The van der Waals surface area contributed by atoms with Gasteiger partial charge in [0, 0.05) is 20.9 Å². The number of hydrogen-bond acceptors (Lipinski definition) is 2. The fourth-order valence-electron chi connectivity index (χ4n) is 12.9. The molecule has 0 saturated heterocycles. The standard InChI is InChI=1S/C69H47OS2.C6F17P.FH/c70-67(48-21-7-1-8-22-48)49-35-42-60-61-43-38-55(46-65(61)69(64(60)45-49,52-27-13-4-14-28-52)53-29-15-5-16-30-53)71-54-36-39-57(40-37-54)72(56-31-17-6-18-32-56)58-41-44-62-59-33-19-20-34-63(59)68(66(62)47-58,50-23-9-2-10-24-50)51-25-11-3-12-26-51;7-1(8,9)4(16,17)24(22,23,5(18,19)2(10,11)12)6(20,21)3(13,14)15;/h1-47H;;1H/q+1;;/p-1. The average Bonchev–Trinajstić information content (AvgIpc) is 1.51. The van der Waals surface area contributed by atoms with E-state index < -0.39 is 64.5 Å². The second-order valence-corrected chi connectivity index (χ2v) is 29.3. The number of ketones is 1. The molecular weight excluding hydrogens is 1350 g/mol. The molecule has 1 nitrogen and oxygen atoms in total. The third-order valence-corrected chi connectivity index (χ3v) is 24.2. The van der Waals surface area contributed by atoms with Crippen LogP contribution in [0.5, 0.6) is 0 Å². The topological polar surface area (TPSA) is 17.1 Å². The van der Waals surface area contributed by atoms with E-state index in [9.17, 15) is 79.0 Å². The van der Waals surface area contributed by atoms with Gasteiger partial charge in [0.2, 0.25) is 0 Å². The minimum atomic E-state index is -12.7. The SMILES string of the molecule is FC(F)(F)C(F)(F)P(F)(F)(C(F)(F)C(F)(F)F)C(F)(F)C(F)(F)F.O=C(c1ccccc1)c1ccc2c(c1)C(c1ccccc1)(c1ccccc1)c1cc(Sc3ccc([S+](c4ccccc4)c4ccc5c(c4)C(c4ccccc4)(c4ccccc4)c4ccccc4-5)cc3)ccc1-2.[F-]. The van der Waals surface area contributed by atoms with Crippen LogP contribution in [0.15, 0.2) is 310 Å². The normalized spacial score (nSPS) is 14.8. The summed E-state index contributed by atoms with van der Waals surface area (Å²) in [7, 11) is -13.1. The van der Waals surface area contributed by atoms with Crippen LogP contribution in [0.4, 0.5) is 74.3 Å². The second-order valence-electron chi connectivity index (χ2n) is 22.6. The van der Waals surface area contributed by atoms with Gasteiger partial charge in [0.25, 0.3) is 0 Å². The molecule has 22 heteroatoms. The maximum absolute atomic E-state index is 14.1. The molecule has 0 saturated carbocycles. The second kappa shape index (κ2) is 25.1. The summed E-state index contributed by atoms with van der Waals surface area (Å²) in [6.07, 6.45) is -24.9. The molecule has 496 valence electrons. The van der Waals surface area contributed by atoms with Gasteiger partial charge in [-0.3, -0.25) is 4.79 Å². The molecule has 0 N–H and O–H groups in total. The maximum Gasteiger partial charge on any atom is 0.193 e. The summed E-state index contributed by atoms with van der Waals surface area (Å²) in [6, 6.07) is 103. The third-order valence-electron chi connectivity index (χ3n) is 17.3. The molecule has 0 aromatic heterocycles. The molecule has 11 aromatic rings. The zero-order valence-electron chi connectivity index (χ0n) is 49.6. The fourth-order valence-corrected chi connectivity index (χ4v) is 18.3. The van der Waals surface area contributed by atoms with Crippen LogP contribution < -0.4 is 4.70 Å². The smallest absolute Gasteiger partial charge is 0.193 e. The van der Waals surface area contributed by atoms with Gasteiger partial charge >= 0.3 is 117 Å². The van der Waals surface area contributed by atoms with Crippen LogP contribution in [-0.4, -0.2) is 41.3 Å². The third kappa shape index (κ3) is 10.7. The van der Waals surface area contributed by atoms with Crippen molar-refractivity contribution in [1.82, 2.24) is 0 Å². The van der Waals surface area contributed by atoms with Crippen LogP contribution in [0.3, 0.4) is 0 Å². The molecule has 2 aliphatic carbocycles. The Hall–Kier alpha value is -9.04. The summed E-state index contributed by atoms with van der Waals surface area (Å²) in [6.45, 7) is 0. The van der Waals surface area contributed by atoms with Crippen molar-refractivity contribution in [3.63, 3.8) is 0 Å². The van der Waals surface area contributed by atoms with E-state index in [1.807, 2.05) is 36.4 Å². The van der Waals surface area contributed by atoms with Crippen molar-refractivity contribution in [1.29, 1.82) is 0 Å². The molecule has 11 aromatic carbocycles. The molecule has 0 radical (unpaired) electrons. The van der Waals surface area contributed by atoms with E-state index in [0.717, 1.165) is 16.0 Å². The van der Waals surface area contributed by atoms with Gasteiger partial charge in [-0.25, -0.2) is 0 Å². The maximum atomic E-state index is 14.1. The van der Waals surface area contributed by atoms with Gasteiger partial charge in [-0.15, -0.1) is 0 Å². The average molecular weight is 1400 g/mol. The predicted octanol–water partition coefficient (Wildman–Crippen LogP) is 20.7. The number of rotatable bonds is 14. The van der Waals surface area contributed by atoms with E-state index in [2.05, 4.69) is 249 Å². The molecule has 97 heavy (non-hydrogen) atoms.